The number of carbonyl (C=O) groups is 1. The number of nitrogens with one attached hydrogen (secondary N) is 1. The van der Waals surface area contributed by atoms with Crippen LogP contribution < -0.4 is 4.72 Å². The van der Waals surface area contributed by atoms with Gasteiger partial charge in [-0.1, -0.05) is 18.2 Å². The molecule has 0 bridgehead atoms. The van der Waals surface area contributed by atoms with E-state index in [-0.39, 0.29) is 5.78 Å². The molecule has 1 aliphatic carbocycles. The van der Waals surface area contributed by atoms with Gasteiger partial charge in [0.2, 0.25) is 11.3 Å². The van der Waals surface area contributed by atoms with E-state index in [1.165, 1.54) is 0 Å². The Morgan fingerprint density at radius 1 is 1.38 bits per heavy atom. The fourth-order valence-electron chi connectivity index (χ4n) is 2.06. The van der Waals surface area contributed by atoms with Gasteiger partial charge in [-0.25, -0.2) is 8.93 Å². The van der Waals surface area contributed by atoms with Crippen LogP contribution in [0.3, 0.4) is 0 Å². The Hall–Kier alpha value is -1.04. The summed E-state index contributed by atoms with van der Waals surface area (Å²) in [4.78, 5) is 11.6. The van der Waals surface area contributed by atoms with Crippen LogP contribution in [0.1, 0.15) is 34.3 Å². The van der Waals surface area contributed by atoms with Crippen LogP contribution in [0.4, 0.5) is 0 Å². The highest BCUT2D eigenvalue weighted by atomic mass is 32.2. The fraction of sp³-hybridized carbons (Fsp3) is 0.364. The number of fused-ring (bicyclic) bond motifs is 1. The number of Topliss-reactive ketones (excluding diaryl/α,β-unsaturated/α-hetero) is 1. The quantitative estimate of drug-likeness (QED) is 0.784. The Labute approximate surface area is 96.5 Å². The van der Waals surface area contributed by atoms with Gasteiger partial charge in [0.25, 0.3) is 0 Å². The predicted octanol–water partition coefficient (Wildman–Crippen LogP) is 1.43. The van der Waals surface area contributed by atoms with Gasteiger partial charge in [0, 0.05) is 18.5 Å². The Kier molecular flexibility index (Phi) is 3.48. The predicted molar refractivity (Wildman–Crippen MR) is 61.3 cm³/mol. The van der Waals surface area contributed by atoms with E-state index in [0.717, 1.165) is 29.5 Å². The van der Waals surface area contributed by atoms with Gasteiger partial charge in [-0.3, -0.25) is 9.35 Å². The van der Waals surface area contributed by atoms with E-state index in [0.29, 0.717) is 13.0 Å². The third-order valence-electron chi connectivity index (χ3n) is 2.79. The summed E-state index contributed by atoms with van der Waals surface area (Å²) in [5.41, 5.74) is 2.74. The molecule has 0 saturated heterocycles. The second-order valence-corrected chi connectivity index (χ2v) is 4.58. The highest BCUT2D eigenvalue weighted by molar-refractivity contribution is 7.77. The molecule has 16 heavy (non-hydrogen) atoms. The minimum absolute atomic E-state index is 0.174. The van der Waals surface area contributed by atoms with E-state index in [2.05, 4.69) is 4.72 Å². The second kappa shape index (κ2) is 4.86. The zero-order chi connectivity index (χ0) is 11.5. The topological polar surface area (TPSA) is 66.4 Å². The van der Waals surface area contributed by atoms with Crippen molar-refractivity contribution in [3.05, 3.63) is 34.9 Å². The van der Waals surface area contributed by atoms with Gasteiger partial charge in [-0.2, -0.15) is 0 Å². The molecular formula is C11H13NO3S. The summed E-state index contributed by atoms with van der Waals surface area (Å²) < 4.78 is 21.6. The Balaban J connectivity index is 2.29. The van der Waals surface area contributed by atoms with Crippen LogP contribution in [0, 0.1) is 0 Å². The molecule has 2 rings (SSSR count). The number of hydrogen-bond acceptors (Lipinski definition) is 2. The SMILES string of the molecule is O=C1CCCc2c(CNS(=O)O)cccc21. The van der Waals surface area contributed by atoms with Crippen molar-refractivity contribution in [2.24, 2.45) is 0 Å². The molecule has 0 fully saturated rings. The van der Waals surface area contributed by atoms with E-state index < -0.39 is 11.3 Å². The highest BCUT2D eigenvalue weighted by Gasteiger charge is 2.19. The molecule has 1 aromatic rings. The fourth-order valence-corrected chi connectivity index (χ4v) is 2.34. The lowest BCUT2D eigenvalue weighted by Gasteiger charge is -2.18. The smallest absolute Gasteiger partial charge is 0.232 e. The normalized spacial score (nSPS) is 16.9. The molecule has 0 spiro atoms. The number of benzene rings is 1. The maximum Gasteiger partial charge on any atom is 0.232 e. The molecule has 1 atom stereocenters. The molecule has 5 heteroatoms. The first-order valence-corrected chi connectivity index (χ1v) is 6.27. The van der Waals surface area contributed by atoms with Crippen molar-refractivity contribution in [1.82, 2.24) is 4.72 Å². The first-order valence-electron chi connectivity index (χ1n) is 5.17. The van der Waals surface area contributed by atoms with Crippen LogP contribution in [0.25, 0.3) is 0 Å². The minimum atomic E-state index is -2.01. The summed E-state index contributed by atoms with van der Waals surface area (Å²) in [5, 5.41) is 0. The molecule has 0 aromatic heterocycles. The van der Waals surface area contributed by atoms with Crippen molar-refractivity contribution in [3.63, 3.8) is 0 Å². The van der Waals surface area contributed by atoms with Crippen molar-refractivity contribution in [3.8, 4) is 0 Å². The van der Waals surface area contributed by atoms with Gasteiger partial charge in [0.05, 0.1) is 0 Å². The minimum Gasteiger partial charge on any atom is -0.294 e. The maximum absolute atomic E-state index is 11.6. The maximum atomic E-state index is 11.6. The second-order valence-electron chi connectivity index (χ2n) is 3.79. The molecule has 0 aliphatic heterocycles. The Morgan fingerprint density at radius 2 is 2.19 bits per heavy atom. The van der Waals surface area contributed by atoms with E-state index >= 15 is 0 Å². The Bertz CT molecular complexity index is 445. The summed E-state index contributed by atoms with van der Waals surface area (Å²) in [6.07, 6.45) is 2.35. The van der Waals surface area contributed by atoms with Crippen molar-refractivity contribution in [2.75, 3.05) is 0 Å². The van der Waals surface area contributed by atoms with Crippen LogP contribution >= 0.6 is 0 Å². The molecule has 0 radical (unpaired) electrons. The summed E-state index contributed by atoms with van der Waals surface area (Å²) >= 11 is -2.01. The van der Waals surface area contributed by atoms with Crippen molar-refractivity contribution in [2.45, 2.75) is 25.8 Å². The highest BCUT2D eigenvalue weighted by Crippen LogP contribution is 2.24. The summed E-state index contributed by atoms with van der Waals surface area (Å²) in [6, 6.07) is 5.53. The van der Waals surface area contributed by atoms with Crippen LogP contribution in [0.15, 0.2) is 18.2 Å². The molecule has 1 aromatic carbocycles. The number of rotatable bonds is 3. The molecule has 1 unspecified atom stereocenters. The van der Waals surface area contributed by atoms with Gasteiger partial charge in [0.15, 0.2) is 5.78 Å². The van der Waals surface area contributed by atoms with E-state index in [9.17, 15) is 9.00 Å². The first kappa shape index (κ1) is 11.4. The molecule has 4 nitrogen and oxygen atoms in total. The van der Waals surface area contributed by atoms with Crippen molar-refractivity contribution in [1.29, 1.82) is 0 Å². The average Bonchev–Trinajstić information content (AvgIpc) is 2.27. The lowest BCUT2D eigenvalue weighted by Crippen LogP contribution is -2.19. The lowest BCUT2D eigenvalue weighted by atomic mass is 9.87. The lowest BCUT2D eigenvalue weighted by molar-refractivity contribution is 0.0972. The third kappa shape index (κ3) is 2.37. The van der Waals surface area contributed by atoms with E-state index in [4.69, 9.17) is 4.55 Å². The number of ketones is 1. The molecule has 2 N–H and O–H groups in total. The van der Waals surface area contributed by atoms with E-state index in [1.54, 1.807) is 0 Å². The summed E-state index contributed by atoms with van der Waals surface area (Å²) in [7, 11) is 0. The molecule has 86 valence electrons. The van der Waals surface area contributed by atoms with Gasteiger partial charge in [-0.05, 0) is 24.0 Å². The van der Waals surface area contributed by atoms with Crippen LogP contribution in [0.5, 0.6) is 0 Å². The van der Waals surface area contributed by atoms with Gasteiger partial charge >= 0.3 is 0 Å². The van der Waals surface area contributed by atoms with Crippen molar-refractivity contribution < 1.29 is 13.6 Å². The van der Waals surface area contributed by atoms with Gasteiger partial charge in [0.1, 0.15) is 0 Å². The summed E-state index contributed by atoms with van der Waals surface area (Å²) in [6.45, 7) is 0.319. The zero-order valence-corrected chi connectivity index (χ0v) is 9.55. The standard InChI is InChI=1S/C11H13NO3S/c13-11-6-2-4-9-8(7-12-16(14)15)3-1-5-10(9)11/h1,3,5,12H,2,4,6-7H2,(H,14,15). The molecule has 1 aliphatic rings. The molecular weight excluding hydrogens is 226 g/mol. The van der Waals surface area contributed by atoms with Crippen LogP contribution in [-0.4, -0.2) is 14.5 Å². The molecule has 0 heterocycles. The van der Waals surface area contributed by atoms with Gasteiger partial charge < -0.3 is 0 Å². The van der Waals surface area contributed by atoms with Crippen LogP contribution in [-0.2, 0) is 24.2 Å². The number of hydrogen-bond donors (Lipinski definition) is 2. The zero-order valence-electron chi connectivity index (χ0n) is 8.73. The number of carbonyl (C=O) groups excluding carboxylic acids is 1. The molecule has 0 amide bonds. The largest absolute Gasteiger partial charge is 0.294 e. The Morgan fingerprint density at radius 3 is 2.94 bits per heavy atom. The molecule has 0 saturated carbocycles. The summed E-state index contributed by atoms with van der Waals surface area (Å²) in [5.74, 6) is 0.174. The third-order valence-corrected chi connectivity index (χ3v) is 3.18. The monoisotopic (exact) mass is 239 g/mol. The average molecular weight is 239 g/mol. The first-order chi connectivity index (χ1) is 7.68. The van der Waals surface area contributed by atoms with Crippen molar-refractivity contribution >= 4 is 17.0 Å². The van der Waals surface area contributed by atoms with E-state index in [1.807, 2.05) is 18.2 Å². The van der Waals surface area contributed by atoms with Crippen LogP contribution in [0.2, 0.25) is 0 Å². The van der Waals surface area contributed by atoms with Gasteiger partial charge in [-0.15, -0.1) is 0 Å².